The molecule has 1 aromatic rings. The summed E-state index contributed by atoms with van der Waals surface area (Å²) in [5, 5.41) is 15.4. The fraction of sp³-hybridized carbons (Fsp3) is 0.667. The molecule has 2 rings (SSSR count). The third kappa shape index (κ3) is 2.66. The topological polar surface area (TPSA) is 69.2 Å². The number of nitrogens with one attached hydrogen (secondary N) is 1. The van der Waals surface area contributed by atoms with Gasteiger partial charge in [0.1, 0.15) is 0 Å². The van der Waals surface area contributed by atoms with Crippen molar-refractivity contribution in [3.05, 3.63) is 17.5 Å². The molecule has 17 heavy (non-hydrogen) atoms. The number of nitrogens with zero attached hydrogens (tertiary/aromatic N) is 2. The van der Waals surface area contributed by atoms with Gasteiger partial charge in [0, 0.05) is 24.2 Å². The fourth-order valence-electron chi connectivity index (χ4n) is 2.59. The third-order valence-corrected chi connectivity index (χ3v) is 3.39. The number of rotatable bonds is 4. The maximum absolute atomic E-state index is 10.7. The summed E-state index contributed by atoms with van der Waals surface area (Å²) in [5.41, 5.74) is 1.02. The molecule has 0 spiro atoms. The molecule has 1 fully saturated rings. The van der Waals surface area contributed by atoms with Crippen molar-refractivity contribution in [2.45, 2.75) is 45.2 Å². The van der Waals surface area contributed by atoms with Crippen molar-refractivity contribution in [2.24, 2.45) is 0 Å². The van der Waals surface area contributed by atoms with E-state index in [0.29, 0.717) is 12.1 Å². The van der Waals surface area contributed by atoms with Crippen LogP contribution >= 0.6 is 0 Å². The Kier molecular flexibility index (Phi) is 3.47. The van der Waals surface area contributed by atoms with E-state index in [1.54, 1.807) is 6.07 Å². The molecule has 5 nitrogen and oxygen atoms in total. The molecule has 1 atom stereocenters. The molecule has 0 aromatic carbocycles. The van der Waals surface area contributed by atoms with E-state index in [-0.39, 0.29) is 5.69 Å². The second-order valence-corrected chi connectivity index (χ2v) is 4.92. The van der Waals surface area contributed by atoms with E-state index in [1.807, 2.05) is 0 Å². The number of H-pyrrole nitrogens is 1. The normalized spacial score (nSPS) is 21.2. The molecule has 1 aliphatic heterocycles. The van der Waals surface area contributed by atoms with E-state index in [2.05, 4.69) is 28.9 Å². The van der Waals surface area contributed by atoms with Crippen LogP contribution in [0.1, 0.15) is 42.9 Å². The van der Waals surface area contributed by atoms with Crippen LogP contribution in [0.25, 0.3) is 0 Å². The summed E-state index contributed by atoms with van der Waals surface area (Å²) in [6.07, 6.45) is 3.26. The zero-order valence-electron chi connectivity index (χ0n) is 10.3. The Hall–Kier alpha value is -1.36. The minimum absolute atomic E-state index is 0.106. The van der Waals surface area contributed by atoms with E-state index in [9.17, 15) is 4.79 Å². The molecule has 0 aliphatic carbocycles. The molecule has 2 heterocycles. The van der Waals surface area contributed by atoms with Crippen LogP contribution in [-0.2, 0) is 6.42 Å². The Labute approximate surface area is 101 Å². The number of hydrogen-bond acceptors (Lipinski definition) is 3. The third-order valence-electron chi connectivity index (χ3n) is 3.39. The van der Waals surface area contributed by atoms with Gasteiger partial charge >= 0.3 is 5.97 Å². The van der Waals surface area contributed by atoms with Crippen LogP contribution in [0, 0.1) is 0 Å². The van der Waals surface area contributed by atoms with E-state index in [1.165, 1.54) is 12.8 Å². The number of likely N-dealkylation sites (tertiary alicyclic amines) is 1. The molecular weight excluding hydrogens is 218 g/mol. The van der Waals surface area contributed by atoms with E-state index < -0.39 is 5.97 Å². The molecule has 2 N–H and O–H groups in total. The lowest BCUT2D eigenvalue weighted by Crippen LogP contribution is -2.36. The van der Waals surface area contributed by atoms with Gasteiger partial charge in [-0.1, -0.05) is 0 Å². The summed E-state index contributed by atoms with van der Waals surface area (Å²) in [6, 6.07) is 2.69. The van der Waals surface area contributed by atoms with Crippen molar-refractivity contribution < 1.29 is 9.90 Å². The van der Waals surface area contributed by atoms with Crippen molar-refractivity contribution in [1.29, 1.82) is 0 Å². The van der Waals surface area contributed by atoms with Crippen LogP contribution in [0.4, 0.5) is 0 Å². The van der Waals surface area contributed by atoms with Gasteiger partial charge in [-0.2, -0.15) is 5.10 Å². The quantitative estimate of drug-likeness (QED) is 0.833. The first-order valence-corrected chi connectivity index (χ1v) is 6.11. The summed E-state index contributed by atoms with van der Waals surface area (Å²) >= 11 is 0. The Morgan fingerprint density at radius 2 is 2.47 bits per heavy atom. The molecule has 1 aliphatic rings. The largest absolute Gasteiger partial charge is 0.476 e. The average molecular weight is 237 g/mol. The monoisotopic (exact) mass is 237 g/mol. The van der Waals surface area contributed by atoms with Crippen LogP contribution in [0.15, 0.2) is 6.07 Å². The van der Waals surface area contributed by atoms with Crippen LogP contribution in [0.2, 0.25) is 0 Å². The number of aromatic nitrogens is 2. The molecule has 94 valence electrons. The maximum Gasteiger partial charge on any atom is 0.356 e. The van der Waals surface area contributed by atoms with E-state index >= 15 is 0 Å². The highest BCUT2D eigenvalue weighted by molar-refractivity contribution is 5.85. The molecule has 1 unspecified atom stereocenters. The fourth-order valence-corrected chi connectivity index (χ4v) is 2.59. The summed E-state index contributed by atoms with van der Waals surface area (Å²) < 4.78 is 0. The van der Waals surface area contributed by atoms with Gasteiger partial charge in [-0.25, -0.2) is 4.79 Å². The summed E-state index contributed by atoms with van der Waals surface area (Å²) in [7, 11) is 0. The smallest absolute Gasteiger partial charge is 0.356 e. The molecule has 0 bridgehead atoms. The standard InChI is InChI=1S/C12H19N3O2/c1-8(2)15-5-3-4-10(15)6-9-7-11(12(16)17)14-13-9/h7-8,10H,3-6H2,1-2H3,(H,13,14)(H,16,17). The minimum Gasteiger partial charge on any atom is -0.476 e. The van der Waals surface area contributed by atoms with Gasteiger partial charge < -0.3 is 5.11 Å². The van der Waals surface area contributed by atoms with E-state index in [0.717, 1.165) is 18.7 Å². The molecule has 1 saturated heterocycles. The van der Waals surface area contributed by atoms with E-state index in [4.69, 9.17) is 5.11 Å². The Bertz CT molecular complexity index is 400. The van der Waals surface area contributed by atoms with Gasteiger partial charge in [0.25, 0.3) is 0 Å². The molecule has 0 saturated carbocycles. The maximum atomic E-state index is 10.7. The summed E-state index contributed by atoms with van der Waals surface area (Å²) in [6.45, 7) is 5.55. The summed E-state index contributed by atoms with van der Waals surface area (Å²) in [4.78, 5) is 13.2. The SMILES string of the molecule is CC(C)N1CCCC1Cc1cc(C(=O)O)n[nH]1. The lowest BCUT2D eigenvalue weighted by atomic mass is 10.1. The van der Waals surface area contributed by atoms with Crippen molar-refractivity contribution in [3.63, 3.8) is 0 Å². The van der Waals surface area contributed by atoms with Gasteiger partial charge in [-0.05, 0) is 39.3 Å². The lowest BCUT2D eigenvalue weighted by Gasteiger charge is -2.27. The minimum atomic E-state index is -0.973. The molecule has 5 heteroatoms. The first-order chi connectivity index (χ1) is 8.08. The van der Waals surface area contributed by atoms with Gasteiger partial charge in [0.2, 0.25) is 0 Å². The first kappa shape index (κ1) is 12.1. The molecule has 1 aromatic heterocycles. The predicted molar refractivity (Wildman–Crippen MR) is 64.1 cm³/mol. The number of carboxylic acid groups (broad SMARTS) is 1. The van der Waals surface area contributed by atoms with Crippen LogP contribution in [0.5, 0.6) is 0 Å². The lowest BCUT2D eigenvalue weighted by molar-refractivity contribution is 0.0690. The van der Waals surface area contributed by atoms with Gasteiger partial charge in [0.15, 0.2) is 5.69 Å². The second kappa shape index (κ2) is 4.87. The highest BCUT2D eigenvalue weighted by atomic mass is 16.4. The highest BCUT2D eigenvalue weighted by Gasteiger charge is 2.27. The predicted octanol–water partition coefficient (Wildman–Crippen LogP) is 1.52. The van der Waals surface area contributed by atoms with Crippen LogP contribution < -0.4 is 0 Å². The van der Waals surface area contributed by atoms with Crippen molar-refractivity contribution in [3.8, 4) is 0 Å². The number of aromatic carboxylic acids is 1. The summed E-state index contributed by atoms with van der Waals surface area (Å²) in [5.74, 6) is -0.973. The first-order valence-electron chi connectivity index (χ1n) is 6.11. The average Bonchev–Trinajstić information content (AvgIpc) is 2.86. The number of carboxylic acids is 1. The van der Waals surface area contributed by atoms with Gasteiger partial charge in [-0.3, -0.25) is 10.00 Å². The number of aromatic amines is 1. The second-order valence-electron chi connectivity index (χ2n) is 4.92. The zero-order valence-corrected chi connectivity index (χ0v) is 10.3. The number of carbonyl (C=O) groups is 1. The van der Waals surface area contributed by atoms with Gasteiger partial charge in [0.05, 0.1) is 0 Å². The van der Waals surface area contributed by atoms with Crippen LogP contribution in [0.3, 0.4) is 0 Å². The van der Waals surface area contributed by atoms with Crippen molar-refractivity contribution in [1.82, 2.24) is 15.1 Å². The van der Waals surface area contributed by atoms with Crippen LogP contribution in [-0.4, -0.2) is 44.8 Å². The van der Waals surface area contributed by atoms with Crippen molar-refractivity contribution in [2.75, 3.05) is 6.54 Å². The molecular formula is C12H19N3O2. The highest BCUT2D eigenvalue weighted by Crippen LogP contribution is 2.22. The zero-order chi connectivity index (χ0) is 12.4. The Morgan fingerprint density at radius 1 is 1.71 bits per heavy atom. The number of hydrogen-bond donors (Lipinski definition) is 2. The Morgan fingerprint density at radius 3 is 3.06 bits per heavy atom. The Balaban J connectivity index is 2.02. The molecule has 0 radical (unpaired) electrons. The molecule has 0 amide bonds. The van der Waals surface area contributed by atoms with Crippen molar-refractivity contribution >= 4 is 5.97 Å². The van der Waals surface area contributed by atoms with Gasteiger partial charge in [-0.15, -0.1) is 0 Å².